The van der Waals surface area contributed by atoms with Crippen LogP contribution in [0.15, 0.2) is 0 Å². The fraction of sp³-hybridized carbons (Fsp3) is 1.00. The van der Waals surface area contributed by atoms with Gasteiger partial charge in [-0.3, -0.25) is 0 Å². The monoisotopic (exact) mass is 392 g/mol. The highest BCUT2D eigenvalue weighted by Gasteiger charge is 2.56. The van der Waals surface area contributed by atoms with Crippen LogP contribution in [0.2, 0.25) is 0 Å². The molecule has 4 fully saturated rings. The number of aliphatic hydroxyl groups is 1. The first kappa shape index (κ1) is 21.1. The van der Waals surface area contributed by atoms with E-state index in [1.165, 1.54) is 44.9 Å². The van der Waals surface area contributed by atoms with Crippen molar-refractivity contribution in [1.82, 2.24) is 0 Å². The molecule has 0 aromatic heterocycles. The summed E-state index contributed by atoms with van der Waals surface area (Å²) in [6.45, 7) is 13.1. The summed E-state index contributed by atoms with van der Waals surface area (Å²) in [5.41, 5.74) is 0.885. The molecule has 0 aromatic carbocycles. The average Bonchev–Trinajstić information content (AvgIpc) is 2.65. The molecule has 1 aliphatic heterocycles. The first-order valence-electron chi connectivity index (χ1n) is 12.1. The van der Waals surface area contributed by atoms with E-state index < -0.39 is 0 Å². The summed E-state index contributed by atoms with van der Waals surface area (Å²) in [5.74, 6) is 3.19. The second-order valence-corrected chi connectivity index (χ2v) is 12.1. The Labute approximate surface area is 172 Å². The van der Waals surface area contributed by atoms with Crippen LogP contribution in [0.1, 0.15) is 85.5 Å². The number of fused-ring (bicyclic) bond motifs is 5. The lowest BCUT2D eigenvalue weighted by atomic mass is 9.44. The standard InChI is InChI=1S/C25H44O3/c1-23(2)15-27-13-5-6-21-20-8-7-18-14-19(26)9-12-25(18,4)22(20)10-11-24(21,3)17-28-16-23/h18-22,26H,5-17H2,1-4H3/t18-,19-,20-,21-,22-,24+,25-/m0/s1. The van der Waals surface area contributed by atoms with Crippen molar-refractivity contribution in [3.63, 3.8) is 0 Å². The maximum absolute atomic E-state index is 10.3. The smallest absolute Gasteiger partial charge is 0.0543 e. The van der Waals surface area contributed by atoms with E-state index in [4.69, 9.17) is 9.47 Å². The largest absolute Gasteiger partial charge is 0.393 e. The van der Waals surface area contributed by atoms with Crippen molar-refractivity contribution < 1.29 is 14.6 Å². The molecule has 3 saturated carbocycles. The normalized spacial score (nSPS) is 49.8. The molecule has 4 aliphatic rings. The van der Waals surface area contributed by atoms with Crippen LogP contribution >= 0.6 is 0 Å². The zero-order valence-corrected chi connectivity index (χ0v) is 18.8. The summed E-state index contributed by atoms with van der Waals surface area (Å²) in [4.78, 5) is 0. The van der Waals surface area contributed by atoms with Crippen LogP contribution in [0.3, 0.4) is 0 Å². The Hall–Kier alpha value is -0.120. The maximum Gasteiger partial charge on any atom is 0.0543 e. The lowest BCUT2D eigenvalue weighted by Crippen LogP contribution is -2.55. The van der Waals surface area contributed by atoms with Gasteiger partial charge in [-0.1, -0.05) is 27.7 Å². The van der Waals surface area contributed by atoms with E-state index in [2.05, 4.69) is 27.7 Å². The van der Waals surface area contributed by atoms with Crippen molar-refractivity contribution in [2.24, 2.45) is 39.9 Å². The van der Waals surface area contributed by atoms with Gasteiger partial charge in [-0.25, -0.2) is 0 Å². The molecule has 0 radical (unpaired) electrons. The van der Waals surface area contributed by atoms with Gasteiger partial charge in [0.2, 0.25) is 0 Å². The van der Waals surface area contributed by atoms with Crippen molar-refractivity contribution >= 4 is 0 Å². The molecule has 0 spiro atoms. The van der Waals surface area contributed by atoms with Gasteiger partial charge in [0.1, 0.15) is 0 Å². The third-order valence-electron chi connectivity index (χ3n) is 9.38. The molecule has 0 bridgehead atoms. The Morgan fingerprint density at radius 1 is 0.786 bits per heavy atom. The van der Waals surface area contributed by atoms with E-state index >= 15 is 0 Å². The van der Waals surface area contributed by atoms with Crippen LogP contribution in [0.4, 0.5) is 0 Å². The molecular weight excluding hydrogens is 348 g/mol. The van der Waals surface area contributed by atoms with Crippen LogP contribution in [-0.4, -0.2) is 37.6 Å². The van der Waals surface area contributed by atoms with Gasteiger partial charge in [0.15, 0.2) is 0 Å². The van der Waals surface area contributed by atoms with E-state index in [0.29, 0.717) is 10.8 Å². The molecule has 162 valence electrons. The number of ether oxygens (including phenoxy) is 2. The van der Waals surface area contributed by atoms with Crippen molar-refractivity contribution in [3.8, 4) is 0 Å². The summed E-state index contributed by atoms with van der Waals surface area (Å²) < 4.78 is 12.4. The summed E-state index contributed by atoms with van der Waals surface area (Å²) in [5, 5.41) is 10.3. The van der Waals surface area contributed by atoms with E-state index in [-0.39, 0.29) is 11.5 Å². The van der Waals surface area contributed by atoms with Gasteiger partial charge in [-0.2, -0.15) is 0 Å². The zero-order valence-electron chi connectivity index (χ0n) is 18.8. The van der Waals surface area contributed by atoms with Crippen molar-refractivity contribution in [2.75, 3.05) is 26.4 Å². The van der Waals surface area contributed by atoms with Crippen LogP contribution < -0.4 is 0 Å². The Morgan fingerprint density at radius 2 is 1.57 bits per heavy atom. The zero-order chi connectivity index (χ0) is 20.0. The predicted octanol–water partition coefficient (Wildman–Crippen LogP) is 5.45. The van der Waals surface area contributed by atoms with Gasteiger partial charge >= 0.3 is 0 Å². The highest BCUT2D eigenvalue weighted by atomic mass is 16.5. The molecule has 0 amide bonds. The Balaban J connectivity index is 1.54. The third kappa shape index (κ3) is 3.93. The molecule has 4 rings (SSSR count). The number of aliphatic hydroxyl groups excluding tert-OH is 1. The summed E-state index contributed by atoms with van der Waals surface area (Å²) in [6, 6.07) is 0. The fourth-order valence-electron chi connectivity index (χ4n) is 7.73. The Bertz CT molecular complexity index is 546. The summed E-state index contributed by atoms with van der Waals surface area (Å²) >= 11 is 0. The van der Waals surface area contributed by atoms with E-state index in [9.17, 15) is 5.11 Å². The van der Waals surface area contributed by atoms with Crippen LogP contribution in [0, 0.1) is 39.9 Å². The number of rotatable bonds is 0. The first-order chi connectivity index (χ1) is 13.2. The molecule has 0 aromatic rings. The lowest BCUT2D eigenvalue weighted by molar-refractivity contribution is -0.144. The molecular formula is C25H44O3. The fourth-order valence-corrected chi connectivity index (χ4v) is 7.73. The second kappa shape index (κ2) is 7.85. The second-order valence-electron chi connectivity index (χ2n) is 12.1. The third-order valence-corrected chi connectivity index (χ3v) is 9.38. The summed E-state index contributed by atoms with van der Waals surface area (Å²) in [6.07, 6.45) is 11.1. The molecule has 7 atom stereocenters. The van der Waals surface area contributed by atoms with Gasteiger partial charge in [0.25, 0.3) is 0 Å². The van der Waals surface area contributed by atoms with Crippen molar-refractivity contribution in [2.45, 2.75) is 91.6 Å². The Kier molecular flexibility index (Phi) is 5.92. The quantitative estimate of drug-likeness (QED) is 0.596. The molecule has 1 heterocycles. The van der Waals surface area contributed by atoms with Gasteiger partial charge < -0.3 is 14.6 Å². The number of hydrogen-bond donors (Lipinski definition) is 1. The first-order valence-corrected chi connectivity index (χ1v) is 12.1. The number of hydrogen-bond acceptors (Lipinski definition) is 3. The SMILES string of the molecule is CC1(C)COCCC[C@H]2[C@@H]3CC[C@H]4C[C@@H](O)CC[C@]4(C)[C@H]3CC[C@]2(C)COC1. The highest BCUT2D eigenvalue weighted by molar-refractivity contribution is 5.06. The predicted molar refractivity (Wildman–Crippen MR) is 113 cm³/mol. The lowest BCUT2D eigenvalue weighted by Gasteiger charge is -2.61. The van der Waals surface area contributed by atoms with Gasteiger partial charge in [0, 0.05) is 12.0 Å². The minimum absolute atomic E-state index is 0.0465. The van der Waals surface area contributed by atoms with Gasteiger partial charge in [-0.05, 0) is 92.3 Å². The molecule has 3 nitrogen and oxygen atoms in total. The molecule has 1 saturated heterocycles. The molecule has 28 heavy (non-hydrogen) atoms. The topological polar surface area (TPSA) is 38.7 Å². The van der Waals surface area contributed by atoms with Crippen LogP contribution in [-0.2, 0) is 9.47 Å². The molecule has 1 N–H and O–H groups in total. The van der Waals surface area contributed by atoms with Crippen LogP contribution in [0.25, 0.3) is 0 Å². The minimum Gasteiger partial charge on any atom is -0.393 e. The minimum atomic E-state index is -0.0465. The van der Waals surface area contributed by atoms with Crippen molar-refractivity contribution in [3.05, 3.63) is 0 Å². The van der Waals surface area contributed by atoms with Gasteiger partial charge in [0.05, 0.1) is 25.9 Å². The van der Waals surface area contributed by atoms with Gasteiger partial charge in [-0.15, -0.1) is 0 Å². The van der Waals surface area contributed by atoms with E-state index in [1.807, 2.05) is 0 Å². The maximum atomic E-state index is 10.3. The van der Waals surface area contributed by atoms with Crippen molar-refractivity contribution in [1.29, 1.82) is 0 Å². The van der Waals surface area contributed by atoms with E-state index in [1.54, 1.807) is 0 Å². The van der Waals surface area contributed by atoms with Crippen LogP contribution in [0.5, 0.6) is 0 Å². The van der Waals surface area contributed by atoms with E-state index in [0.717, 1.165) is 62.9 Å². The molecule has 3 aliphatic carbocycles. The average molecular weight is 393 g/mol. The molecule has 3 heteroatoms. The summed E-state index contributed by atoms with van der Waals surface area (Å²) in [7, 11) is 0. The Morgan fingerprint density at radius 3 is 2.39 bits per heavy atom. The molecule has 0 unspecified atom stereocenters. The highest BCUT2D eigenvalue weighted by Crippen LogP contribution is 2.63.